The first-order valence-electron chi connectivity index (χ1n) is 7.97. The summed E-state index contributed by atoms with van der Waals surface area (Å²) in [6.45, 7) is 5.50. The van der Waals surface area contributed by atoms with Crippen LogP contribution in [-0.4, -0.2) is 48.8 Å². The van der Waals surface area contributed by atoms with Crippen LogP contribution >= 0.6 is 0 Å². The van der Waals surface area contributed by atoms with Gasteiger partial charge in [-0.25, -0.2) is 0 Å². The molecule has 1 heterocycles. The molecule has 1 amide bonds. The highest BCUT2D eigenvalue weighted by Gasteiger charge is 2.44. The van der Waals surface area contributed by atoms with E-state index in [1.807, 2.05) is 35.2 Å². The number of ether oxygens (including phenoxy) is 2. The van der Waals surface area contributed by atoms with Crippen molar-refractivity contribution < 1.29 is 14.3 Å². The van der Waals surface area contributed by atoms with Gasteiger partial charge in [0.05, 0.1) is 31.8 Å². The second-order valence-electron chi connectivity index (χ2n) is 5.89. The van der Waals surface area contributed by atoms with E-state index in [4.69, 9.17) is 9.47 Å². The van der Waals surface area contributed by atoms with Gasteiger partial charge < -0.3 is 14.4 Å². The summed E-state index contributed by atoms with van der Waals surface area (Å²) < 4.78 is 11.7. The molecule has 1 aromatic carbocycles. The van der Waals surface area contributed by atoms with E-state index in [2.05, 4.69) is 6.58 Å². The van der Waals surface area contributed by atoms with E-state index in [0.29, 0.717) is 26.2 Å². The minimum Gasteiger partial charge on any atom is -0.372 e. The molecule has 1 aliphatic heterocycles. The van der Waals surface area contributed by atoms with Crippen LogP contribution < -0.4 is 0 Å². The lowest BCUT2D eigenvalue weighted by molar-refractivity contribution is -0.150. The Morgan fingerprint density at radius 2 is 2.18 bits per heavy atom. The molecule has 0 N–H and O–H groups in total. The molecular weight excluding hydrogens is 278 g/mol. The summed E-state index contributed by atoms with van der Waals surface area (Å²) in [5.41, 5.74) is 1.06. The van der Waals surface area contributed by atoms with Crippen molar-refractivity contribution in [1.82, 2.24) is 4.90 Å². The van der Waals surface area contributed by atoms with E-state index in [1.54, 1.807) is 6.08 Å². The Balaban J connectivity index is 1.64. The SMILES string of the molecule is C=CCO[C@@H]1CC[C@H]2[C@H]1OCCN2C(=O)Cc1ccccc1. The fourth-order valence-corrected chi connectivity index (χ4v) is 3.47. The van der Waals surface area contributed by atoms with E-state index in [1.165, 1.54) is 0 Å². The van der Waals surface area contributed by atoms with Gasteiger partial charge in [0, 0.05) is 6.54 Å². The van der Waals surface area contributed by atoms with Crippen LogP contribution in [0.4, 0.5) is 0 Å². The van der Waals surface area contributed by atoms with Gasteiger partial charge in [0.2, 0.25) is 5.91 Å². The van der Waals surface area contributed by atoms with Crippen LogP contribution in [0.15, 0.2) is 43.0 Å². The summed E-state index contributed by atoms with van der Waals surface area (Å²) in [7, 11) is 0. The third-order valence-electron chi connectivity index (χ3n) is 4.48. The zero-order chi connectivity index (χ0) is 15.4. The van der Waals surface area contributed by atoms with Crippen molar-refractivity contribution in [2.45, 2.75) is 37.5 Å². The molecule has 2 fully saturated rings. The molecular formula is C18H23NO3. The minimum atomic E-state index is 0.00780. The zero-order valence-corrected chi connectivity index (χ0v) is 12.8. The number of nitrogens with zero attached hydrogens (tertiary/aromatic N) is 1. The van der Waals surface area contributed by atoms with Gasteiger partial charge in [0.1, 0.15) is 6.10 Å². The van der Waals surface area contributed by atoms with Crippen LogP contribution in [0, 0.1) is 0 Å². The molecule has 0 bridgehead atoms. The molecule has 0 aromatic heterocycles. The number of hydrogen-bond donors (Lipinski definition) is 0. The predicted octanol–water partition coefficient (Wildman–Crippen LogP) is 2.19. The summed E-state index contributed by atoms with van der Waals surface area (Å²) in [6.07, 6.45) is 4.20. The molecule has 0 unspecified atom stereocenters. The number of rotatable bonds is 5. The van der Waals surface area contributed by atoms with Crippen molar-refractivity contribution in [3.8, 4) is 0 Å². The lowest BCUT2D eigenvalue weighted by atomic mass is 10.1. The van der Waals surface area contributed by atoms with Gasteiger partial charge in [-0.3, -0.25) is 4.79 Å². The summed E-state index contributed by atoms with van der Waals surface area (Å²) in [6, 6.07) is 10.1. The van der Waals surface area contributed by atoms with Gasteiger partial charge in [-0.2, -0.15) is 0 Å². The summed E-state index contributed by atoms with van der Waals surface area (Å²) >= 11 is 0. The standard InChI is InChI=1S/C18H23NO3/c1-2-11-21-16-9-8-15-18(16)22-12-10-19(15)17(20)13-14-6-4-3-5-7-14/h2-7,15-16,18H,1,8-13H2/t15-,16+,18+/m0/s1. The third-order valence-corrected chi connectivity index (χ3v) is 4.48. The molecule has 2 aliphatic rings. The van der Waals surface area contributed by atoms with Crippen molar-refractivity contribution in [3.63, 3.8) is 0 Å². The maximum absolute atomic E-state index is 12.6. The van der Waals surface area contributed by atoms with Gasteiger partial charge in [0.25, 0.3) is 0 Å². The van der Waals surface area contributed by atoms with Crippen LogP contribution in [0.2, 0.25) is 0 Å². The van der Waals surface area contributed by atoms with Crippen molar-refractivity contribution in [2.24, 2.45) is 0 Å². The van der Waals surface area contributed by atoms with E-state index in [0.717, 1.165) is 18.4 Å². The highest BCUT2D eigenvalue weighted by Crippen LogP contribution is 2.32. The van der Waals surface area contributed by atoms with Crippen LogP contribution in [0.5, 0.6) is 0 Å². The van der Waals surface area contributed by atoms with Crippen LogP contribution in [0.1, 0.15) is 18.4 Å². The molecule has 4 nitrogen and oxygen atoms in total. The first-order valence-corrected chi connectivity index (χ1v) is 7.97. The molecule has 1 aromatic rings. The van der Waals surface area contributed by atoms with Crippen molar-refractivity contribution in [3.05, 3.63) is 48.6 Å². The van der Waals surface area contributed by atoms with Crippen LogP contribution in [0.3, 0.4) is 0 Å². The molecule has 3 rings (SSSR count). The predicted molar refractivity (Wildman–Crippen MR) is 84.6 cm³/mol. The number of amides is 1. The number of morpholine rings is 1. The Morgan fingerprint density at radius 1 is 1.36 bits per heavy atom. The lowest BCUT2D eigenvalue weighted by Crippen LogP contribution is -2.54. The van der Waals surface area contributed by atoms with E-state index < -0.39 is 0 Å². The maximum Gasteiger partial charge on any atom is 0.227 e. The third kappa shape index (κ3) is 3.23. The topological polar surface area (TPSA) is 38.8 Å². The van der Waals surface area contributed by atoms with Gasteiger partial charge in [0.15, 0.2) is 0 Å². The zero-order valence-electron chi connectivity index (χ0n) is 12.8. The molecule has 0 radical (unpaired) electrons. The van der Waals surface area contributed by atoms with Gasteiger partial charge in [-0.1, -0.05) is 36.4 Å². The Labute approximate surface area is 131 Å². The van der Waals surface area contributed by atoms with E-state index in [-0.39, 0.29) is 24.2 Å². The monoisotopic (exact) mass is 301 g/mol. The van der Waals surface area contributed by atoms with E-state index in [9.17, 15) is 4.79 Å². The second-order valence-corrected chi connectivity index (χ2v) is 5.89. The Kier molecular flexibility index (Phi) is 4.90. The number of carbonyl (C=O) groups excluding carboxylic acids is 1. The molecule has 118 valence electrons. The quantitative estimate of drug-likeness (QED) is 0.783. The highest BCUT2D eigenvalue weighted by atomic mass is 16.5. The summed E-state index contributed by atoms with van der Waals surface area (Å²) in [5.74, 6) is 0.189. The van der Waals surface area contributed by atoms with Crippen molar-refractivity contribution in [2.75, 3.05) is 19.8 Å². The molecule has 0 spiro atoms. The average Bonchev–Trinajstić information content (AvgIpc) is 2.97. The Hall–Kier alpha value is -1.65. The van der Waals surface area contributed by atoms with Crippen LogP contribution in [-0.2, 0) is 20.7 Å². The Morgan fingerprint density at radius 3 is 2.95 bits per heavy atom. The van der Waals surface area contributed by atoms with Crippen molar-refractivity contribution in [1.29, 1.82) is 0 Å². The summed E-state index contributed by atoms with van der Waals surface area (Å²) in [5, 5.41) is 0. The first-order chi connectivity index (χ1) is 10.8. The smallest absolute Gasteiger partial charge is 0.227 e. The molecule has 1 saturated heterocycles. The fourth-order valence-electron chi connectivity index (χ4n) is 3.47. The second kappa shape index (κ2) is 7.07. The fraction of sp³-hybridized carbons (Fsp3) is 0.500. The molecule has 22 heavy (non-hydrogen) atoms. The highest BCUT2D eigenvalue weighted by molar-refractivity contribution is 5.79. The average molecular weight is 301 g/mol. The molecule has 3 atom stereocenters. The van der Waals surface area contributed by atoms with E-state index >= 15 is 0 Å². The maximum atomic E-state index is 12.6. The Bertz CT molecular complexity index is 516. The normalized spacial score (nSPS) is 27.5. The number of benzene rings is 1. The van der Waals surface area contributed by atoms with Crippen LogP contribution in [0.25, 0.3) is 0 Å². The minimum absolute atomic E-state index is 0.00780. The van der Waals surface area contributed by atoms with Gasteiger partial charge in [-0.05, 0) is 18.4 Å². The molecule has 4 heteroatoms. The largest absolute Gasteiger partial charge is 0.372 e. The number of fused-ring (bicyclic) bond motifs is 1. The number of hydrogen-bond acceptors (Lipinski definition) is 3. The van der Waals surface area contributed by atoms with Gasteiger partial charge >= 0.3 is 0 Å². The molecule has 1 aliphatic carbocycles. The molecule has 1 saturated carbocycles. The first kappa shape index (κ1) is 15.3. The van der Waals surface area contributed by atoms with Crippen molar-refractivity contribution >= 4 is 5.91 Å². The van der Waals surface area contributed by atoms with Gasteiger partial charge in [-0.15, -0.1) is 6.58 Å². The summed E-state index contributed by atoms with van der Waals surface area (Å²) in [4.78, 5) is 14.6. The lowest BCUT2D eigenvalue weighted by Gasteiger charge is -2.39. The number of carbonyl (C=O) groups is 1.